The molecule has 6 nitrogen and oxygen atoms in total. The minimum atomic E-state index is -0.834. The number of nitrogens with zero attached hydrogens (tertiary/aromatic N) is 1. The van der Waals surface area contributed by atoms with E-state index in [9.17, 15) is 14.4 Å². The lowest BCUT2D eigenvalue weighted by molar-refractivity contribution is -0.130. The number of rotatable bonds is 5. The molecule has 0 aromatic carbocycles. The first-order chi connectivity index (χ1) is 10.4. The summed E-state index contributed by atoms with van der Waals surface area (Å²) in [6, 6.07) is -0.0650. The van der Waals surface area contributed by atoms with Crippen LogP contribution in [0.25, 0.3) is 0 Å². The second-order valence-corrected chi connectivity index (χ2v) is 6.87. The van der Waals surface area contributed by atoms with Crippen molar-refractivity contribution in [2.45, 2.75) is 76.8 Å². The molecule has 1 aliphatic heterocycles. The largest absolute Gasteiger partial charge is 0.353 e. The highest BCUT2D eigenvalue weighted by Gasteiger charge is 2.43. The van der Waals surface area contributed by atoms with Crippen LogP contribution in [-0.4, -0.2) is 40.9 Å². The summed E-state index contributed by atoms with van der Waals surface area (Å²) < 4.78 is 0. The number of hydrogen-bond donors (Lipinski definition) is 2. The number of hydrogen-bond acceptors (Lipinski definition) is 3. The summed E-state index contributed by atoms with van der Waals surface area (Å²) >= 11 is 0. The average Bonchev–Trinajstić information content (AvgIpc) is 2.65. The molecule has 2 aliphatic rings. The Morgan fingerprint density at radius 2 is 1.86 bits per heavy atom. The van der Waals surface area contributed by atoms with Gasteiger partial charge in [-0.05, 0) is 33.1 Å². The van der Waals surface area contributed by atoms with E-state index in [0.29, 0.717) is 25.4 Å². The van der Waals surface area contributed by atoms with Gasteiger partial charge in [-0.2, -0.15) is 0 Å². The van der Waals surface area contributed by atoms with Crippen LogP contribution in [-0.2, 0) is 9.59 Å². The zero-order valence-electron chi connectivity index (χ0n) is 13.6. The fraction of sp³-hybridized carbons (Fsp3) is 0.812. The fourth-order valence-corrected chi connectivity index (χ4v) is 3.14. The monoisotopic (exact) mass is 309 g/mol. The summed E-state index contributed by atoms with van der Waals surface area (Å²) in [6.07, 6.45) is 7.87. The van der Waals surface area contributed by atoms with Gasteiger partial charge in [0.2, 0.25) is 5.91 Å². The first-order valence-corrected chi connectivity index (χ1v) is 8.33. The van der Waals surface area contributed by atoms with Crippen molar-refractivity contribution in [3.05, 3.63) is 0 Å². The van der Waals surface area contributed by atoms with Gasteiger partial charge in [-0.1, -0.05) is 25.7 Å². The van der Waals surface area contributed by atoms with Crippen LogP contribution in [0.15, 0.2) is 0 Å². The van der Waals surface area contributed by atoms with Gasteiger partial charge in [0, 0.05) is 19.0 Å². The highest BCUT2D eigenvalue weighted by Crippen LogP contribution is 2.18. The van der Waals surface area contributed by atoms with Gasteiger partial charge in [0.1, 0.15) is 5.54 Å². The quantitative estimate of drug-likeness (QED) is 0.602. The topological polar surface area (TPSA) is 78.5 Å². The third-order valence-electron chi connectivity index (χ3n) is 4.45. The SMILES string of the molecule is CC1(C)NC(=O)N(CCCC(=O)NC2CCCCCC2)C1=O. The molecule has 2 rings (SSSR count). The van der Waals surface area contributed by atoms with Crippen molar-refractivity contribution in [1.82, 2.24) is 15.5 Å². The van der Waals surface area contributed by atoms with Crippen LogP contribution in [0.3, 0.4) is 0 Å². The molecule has 0 aromatic heterocycles. The molecule has 0 unspecified atom stereocenters. The van der Waals surface area contributed by atoms with Gasteiger partial charge in [-0.25, -0.2) is 4.79 Å². The average molecular weight is 309 g/mol. The molecule has 2 N–H and O–H groups in total. The summed E-state index contributed by atoms with van der Waals surface area (Å²) in [4.78, 5) is 36.9. The number of urea groups is 1. The second-order valence-electron chi connectivity index (χ2n) is 6.87. The summed E-state index contributed by atoms with van der Waals surface area (Å²) in [5, 5.41) is 5.72. The molecule has 1 aliphatic carbocycles. The van der Waals surface area contributed by atoms with Crippen LogP contribution in [0, 0.1) is 0 Å². The summed E-state index contributed by atoms with van der Waals surface area (Å²) in [5.74, 6) is -0.195. The van der Waals surface area contributed by atoms with E-state index in [0.717, 1.165) is 12.8 Å². The molecule has 0 radical (unpaired) electrons. The van der Waals surface area contributed by atoms with Crippen LogP contribution in [0.4, 0.5) is 4.79 Å². The molecule has 2 fully saturated rings. The Bertz CT molecular complexity index is 440. The Kier molecular flexibility index (Phi) is 5.42. The Morgan fingerprint density at radius 1 is 1.23 bits per heavy atom. The van der Waals surface area contributed by atoms with Gasteiger partial charge in [-0.15, -0.1) is 0 Å². The molecule has 6 heteroatoms. The predicted octanol–water partition coefficient (Wildman–Crippen LogP) is 1.94. The van der Waals surface area contributed by atoms with E-state index in [1.54, 1.807) is 13.8 Å². The Hall–Kier alpha value is -1.59. The molecule has 1 heterocycles. The van der Waals surface area contributed by atoms with Gasteiger partial charge in [0.25, 0.3) is 5.91 Å². The lowest BCUT2D eigenvalue weighted by atomic mass is 10.1. The molecule has 22 heavy (non-hydrogen) atoms. The van der Waals surface area contributed by atoms with Crippen molar-refractivity contribution in [3.63, 3.8) is 0 Å². The molecule has 1 saturated heterocycles. The number of imide groups is 1. The van der Waals surface area contributed by atoms with E-state index >= 15 is 0 Å². The van der Waals surface area contributed by atoms with Crippen molar-refractivity contribution in [2.75, 3.05) is 6.54 Å². The Morgan fingerprint density at radius 3 is 2.41 bits per heavy atom. The molecule has 1 saturated carbocycles. The van der Waals surface area contributed by atoms with Crippen molar-refractivity contribution >= 4 is 17.8 Å². The summed E-state index contributed by atoms with van der Waals surface area (Å²) in [7, 11) is 0. The Labute approximate surface area is 132 Å². The van der Waals surface area contributed by atoms with Gasteiger partial charge in [0.05, 0.1) is 0 Å². The van der Waals surface area contributed by atoms with Crippen LogP contribution in [0.1, 0.15) is 65.2 Å². The maximum Gasteiger partial charge on any atom is 0.325 e. The van der Waals surface area contributed by atoms with Crippen molar-refractivity contribution in [3.8, 4) is 0 Å². The zero-order valence-corrected chi connectivity index (χ0v) is 13.6. The first kappa shape index (κ1) is 16.8. The number of carbonyl (C=O) groups excluding carboxylic acids is 3. The predicted molar refractivity (Wildman–Crippen MR) is 83.2 cm³/mol. The third kappa shape index (κ3) is 4.21. The molecule has 0 spiro atoms. The molecule has 0 bridgehead atoms. The van der Waals surface area contributed by atoms with Crippen LogP contribution in [0.2, 0.25) is 0 Å². The molecular weight excluding hydrogens is 282 g/mol. The van der Waals surface area contributed by atoms with Gasteiger partial charge in [0.15, 0.2) is 0 Å². The van der Waals surface area contributed by atoms with Crippen LogP contribution >= 0.6 is 0 Å². The fourth-order valence-electron chi connectivity index (χ4n) is 3.14. The molecule has 4 amide bonds. The summed E-state index contributed by atoms with van der Waals surface area (Å²) in [6.45, 7) is 3.67. The van der Waals surface area contributed by atoms with E-state index in [-0.39, 0.29) is 17.8 Å². The Balaban J connectivity index is 1.71. The number of carbonyl (C=O) groups is 3. The van der Waals surface area contributed by atoms with Gasteiger partial charge < -0.3 is 10.6 Å². The number of nitrogens with one attached hydrogen (secondary N) is 2. The normalized spacial score (nSPS) is 22.4. The van der Waals surface area contributed by atoms with Crippen molar-refractivity contribution in [1.29, 1.82) is 0 Å². The smallest absolute Gasteiger partial charge is 0.325 e. The highest BCUT2D eigenvalue weighted by atomic mass is 16.2. The third-order valence-corrected chi connectivity index (χ3v) is 4.45. The minimum absolute atomic E-state index is 0.0261. The van der Waals surface area contributed by atoms with E-state index in [4.69, 9.17) is 0 Å². The van der Waals surface area contributed by atoms with Crippen LogP contribution < -0.4 is 10.6 Å². The van der Waals surface area contributed by atoms with Gasteiger partial charge >= 0.3 is 6.03 Å². The molecule has 124 valence electrons. The molecular formula is C16H27N3O3. The lowest BCUT2D eigenvalue weighted by Gasteiger charge is -2.17. The van der Waals surface area contributed by atoms with Crippen molar-refractivity contribution < 1.29 is 14.4 Å². The lowest BCUT2D eigenvalue weighted by Crippen LogP contribution is -2.40. The standard InChI is InChI=1S/C16H27N3O3/c1-16(2)14(21)19(15(22)18-16)11-7-10-13(20)17-12-8-5-3-4-6-9-12/h12H,3-11H2,1-2H3,(H,17,20)(H,18,22). The van der Waals surface area contributed by atoms with E-state index in [2.05, 4.69) is 10.6 Å². The second kappa shape index (κ2) is 7.11. The number of amides is 4. The van der Waals surface area contributed by atoms with Gasteiger partial charge in [-0.3, -0.25) is 14.5 Å². The minimum Gasteiger partial charge on any atom is -0.353 e. The molecule has 0 aromatic rings. The summed E-state index contributed by atoms with van der Waals surface area (Å²) in [5.41, 5.74) is -0.834. The maximum absolute atomic E-state index is 12.0. The van der Waals surface area contributed by atoms with Crippen molar-refractivity contribution in [2.24, 2.45) is 0 Å². The molecule has 0 atom stereocenters. The van der Waals surface area contributed by atoms with Crippen LogP contribution in [0.5, 0.6) is 0 Å². The maximum atomic E-state index is 12.0. The first-order valence-electron chi connectivity index (χ1n) is 8.33. The van der Waals surface area contributed by atoms with E-state index < -0.39 is 5.54 Å². The van der Waals surface area contributed by atoms with E-state index in [1.807, 2.05) is 0 Å². The highest BCUT2D eigenvalue weighted by molar-refractivity contribution is 6.06. The zero-order chi connectivity index (χ0) is 16.2. The van der Waals surface area contributed by atoms with E-state index in [1.165, 1.54) is 30.6 Å².